The lowest BCUT2D eigenvalue weighted by Gasteiger charge is -2.32. The van der Waals surface area contributed by atoms with Crippen molar-refractivity contribution in [3.63, 3.8) is 0 Å². The number of rotatable bonds is 4. The topological polar surface area (TPSA) is 66.5 Å². The maximum atomic E-state index is 12.5. The number of sulfone groups is 1. The zero-order chi connectivity index (χ0) is 19.5. The van der Waals surface area contributed by atoms with Crippen molar-refractivity contribution < 1.29 is 26.4 Å². The van der Waals surface area contributed by atoms with Gasteiger partial charge in [-0.25, -0.2) is 13.2 Å². The summed E-state index contributed by atoms with van der Waals surface area (Å²) in [7, 11) is -3.17. The second-order valence-corrected chi connectivity index (χ2v) is 9.24. The number of hydrogen-bond donors (Lipinski definition) is 1. The summed E-state index contributed by atoms with van der Waals surface area (Å²) < 4.78 is 62.2. The number of benzene rings is 1. The quantitative estimate of drug-likeness (QED) is 0.848. The molecule has 1 N–H and O–H groups in total. The Bertz CT molecular complexity index is 723. The van der Waals surface area contributed by atoms with Crippen molar-refractivity contribution in [3.05, 3.63) is 29.8 Å². The third-order valence-electron chi connectivity index (χ3n) is 4.27. The van der Waals surface area contributed by atoms with Gasteiger partial charge in [-0.3, -0.25) is 0 Å². The predicted octanol–water partition coefficient (Wildman–Crippen LogP) is 3.77. The Kier molecular flexibility index (Phi) is 6.21. The maximum absolute atomic E-state index is 12.5. The number of piperidine rings is 1. The number of amides is 2. The molecule has 1 aromatic carbocycles. The summed E-state index contributed by atoms with van der Waals surface area (Å²) in [4.78, 5) is 13.7. The minimum absolute atomic E-state index is 0.0565. The second-order valence-electron chi connectivity index (χ2n) is 6.92. The van der Waals surface area contributed by atoms with Gasteiger partial charge in [-0.15, -0.1) is 0 Å². The van der Waals surface area contributed by atoms with Crippen molar-refractivity contribution in [1.29, 1.82) is 0 Å². The summed E-state index contributed by atoms with van der Waals surface area (Å²) in [6.07, 6.45) is -3.68. The molecule has 1 aromatic rings. The maximum Gasteiger partial charge on any atom is 0.416 e. The van der Waals surface area contributed by atoms with Crippen molar-refractivity contribution >= 4 is 21.6 Å². The highest BCUT2D eigenvalue weighted by Gasteiger charge is 2.32. The van der Waals surface area contributed by atoms with Crippen molar-refractivity contribution in [2.75, 3.05) is 24.2 Å². The molecule has 1 fully saturated rings. The van der Waals surface area contributed by atoms with Gasteiger partial charge in [0, 0.05) is 18.8 Å². The summed E-state index contributed by atoms with van der Waals surface area (Å²) in [6.45, 7) is 4.30. The molecule has 0 saturated carbocycles. The second kappa shape index (κ2) is 7.85. The number of nitrogens with one attached hydrogen (secondary N) is 1. The van der Waals surface area contributed by atoms with Crippen LogP contribution in [-0.2, 0) is 16.0 Å². The van der Waals surface area contributed by atoms with Crippen LogP contribution in [0.15, 0.2) is 24.3 Å². The van der Waals surface area contributed by atoms with E-state index >= 15 is 0 Å². The zero-order valence-electron chi connectivity index (χ0n) is 14.7. The largest absolute Gasteiger partial charge is 0.416 e. The van der Waals surface area contributed by atoms with Crippen LogP contribution in [0.1, 0.15) is 32.3 Å². The molecule has 26 heavy (non-hydrogen) atoms. The number of carbonyl (C=O) groups is 1. The van der Waals surface area contributed by atoms with Crippen LogP contribution in [0.3, 0.4) is 0 Å². The number of likely N-dealkylation sites (tertiary alicyclic amines) is 1. The number of halogens is 3. The Morgan fingerprint density at radius 2 is 1.73 bits per heavy atom. The predicted molar refractivity (Wildman–Crippen MR) is 93.7 cm³/mol. The standard InChI is InChI=1S/C17H23F3N2O3S/c1-12(2)11-26(24,25)15-7-9-22(10-8-15)16(23)21-14-5-3-13(4-6-14)17(18,19)20/h3-6,12,15H,7-11H2,1-2H3,(H,21,23). The van der Waals surface area contributed by atoms with Gasteiger partial charge in [0.25, 0.3) is 0 Å². The Hall–Kier alpha value is -1.77. The molecule has 1 heterocycles. The number of carbonyl (C=O) groups excluding carboxylic acids is 1. The van der Waals surface area contributed by atoms with E-state index in [0.717, 1.165) is 12.1 Å². The number of urea groups is 1. The molecular weight excluding hydrogens is 369 g/mol. The van der Waals surface area contributed by atoms with Crippen LogP contribution in [0.5, 0.6) is 0 Å². The average Bonchev–Trinajstić information content (AvgIpc) is 2.53. The third-order valence-corrected chi connectivity index (χ3v) is 6.88. The summed E-state index contributed by atoms with van der Waals surface area (Å²) in [6, 6.07) is 3.76. The Morgan fingerprint density at radius 3 is 2.19 bits per heavy atom. The van der Waals surface area contributed by atoms with Crippen LogP contribution in [-0.4, -0.2) is 43.4 Å². The van der Waals surface area contributed by atoms with Crippen LogP contribution < -0.4 is 5.32 Å². The highest BCUT2D eigenvalue weighted by molar-refractivity contribution is 7.92. The molecule has 1 aliphatic rings. The molecule has 0 aromatic heterocycles. The van der Waals surface area contributed by atoms with Gasteiger partial charge in [0.15, 0.2) is 9.84 Å². The number of hydrogen-bond acceptors (Lipinski definition) is 3. The lowest BCUT2D eigenvalue weighted by Crippen LogP contribution is -2.45. The van der Waals surface area contributed by atoms with Gasteiger partial charge in [0.2, 0.25) is 0 Å². The third kappa shape index (κ3) is 5.36. The van der Waals surface area contributed by atoms with Gasteiger partial charge in [-0.1, -0.05) is 13.8 Å². The first kappa shape index (κ1) is 20.5. The van der Waals surface area contributed by atoms with E-state index in [1.807, 2.05) is 13.8 Å². The molecule has 0 aliphatic carbocycles. The Morgan fingerprint density at radius 1 is 1.19 bits per heavy atom. The smallest absolute Gasteiger partial charge is 0.324 e. The molecule has 1 aliphatic heterocycles. The SMILES string of the molecule is CC(C)CS(=O)(=O)C1CCN(C(=O)Nc2ccc(C(F)(F)F)cc2)CC1. The molecular formula is C17H23F3N2O3S. The van der Waals surface area contributed by atoms with Gasteiger partial charge < -0.3 is 10.2 Å². The first-order chi connectivity index (χ1) is 12.0. The van der Waals surface area contributed by atoms with E-state index in [4.69, 9.17) is 0 Å². The fraction of sp³-hybridized carbons (Fsp3) is 0.588. The Labute approximate surface area is 151 Å². The lowest BCUT2D eigenvalue weighted by molar-refractivity contribution is -0.137. The summed E-state index contributed by atoms with van der Waals surface area (Å²) >= 11 is 0. The summed E-state index contributed by atoms with van der Waals surface area (Å²) in [5.41, 5.74) is -0.524. The summed E-state index contributed by atoms with van der Waals surface area (Å²) in [5.74, 6) is 0.191. The van der Waals surface area contributed by atoms with Gasteiger partial charge in [0.1, 0.15) is 0 Å². The average molecular weight is 392 g/mol. The molecule has 0 unspecified atom stereocenters. The molecule has 0 atom stereocenters. The lowest BCUT2D eigenvalue weighted by atomic mass is 10.1. The molecule has 1 saturated heterocycles. The van der Waals surface area contributed by atoms with E-state index in [9.17, 15) is 26.4 Å². The van der Waals surface area contributed by atoms with Crippen molar-refractivity contribution in [2.24, 2.45) is 5.92 Å². The fourth-order valence-corrected chi connectivity index (χ4v) is 5.09. The van der Waals surface area contributed by atoms with E-state index in [-0.39, 0.29) is 17.4 Å². The number of nitrogens with zero attached hydrogens (tertiary/aromatic N) is 1. The van der Waals surface area contributed by atoms with Crippen LogP contribution >= 0.6 is 0 Å². The fourth-order valence-electron chi connectivity index (χ4n) is 2.96. The molecule has 146 valence electrons. The minimum Gasteiger partial charge on any atom is -0.324 e. The number of alkyl halides is 3. The van der Waals surface area contributed by atoms with Gasteiger partial charge in [-0.2, -0.15) is 13.2 Å². The van der Waals surface area contributed by atoms with E-state index in [0.29, 0.717) is 25.9 Å². The van der Waals surface area contributed by atoms with E-state index in [1.165, 1.54) is 17.0 Å². The monoisotopic (exact) mass is 392 g/mol. The molecule has 5 nitrogen and oxygen atoms in total. The number of anilines is 1. The first-order valence-electron chi connectivity index (χ1n) is 8.44. The van der Waals surface area contributed by atoms with E-state index in [1.54, 1.807) is 0 Å². The molecule has 0 radical (unpaired) electrons. The van der Waals surface area contributed by atoms with Crippen molar-refractivity contribution in [1.82, 2.24) is 4.90 Å². The van der Waals surface area contributed by atoms with Crippen LogP contribution in [0.2, 0.25) is 0 Å². The molecule has 2 amide bonds. The highest BCUT2D eigenvalue weighted by atomic mass is 32.2. The van der Waals surface area contributed by atoms with Crippen molar-refractivity contribution in [3.8, 4) is 0 Å². The zero-order valence-corrected chi connectivity index (χ0v) is 15.5. The molecule has 2 rings (SSSR count). The summed E-state index contributed by atoms with van der Waals surface area (Å²) in [5, 5.41) is 2.10. The van der Waals surface area contributed by atoms with Crippen LogP contribution in [0, 0.1) is 5.92 Å². The normalized spacial score (nSPS) is 16.8. The van der Waals surface area contributed by atoms with Crippen LogP contribution in [0.25, 0.3) is 0 Å². The molecule has 9 heteroatoms. The minimum atomic E-state index is -4.42. The van der Waals surface area contributed by atoms with E-state index < -0.39 is 32.9 Å². The van der Waals surface area contributed by atoms with Crippen LogP contribution in [0.4, 0.5) is 23.7 Å². The van der Waals surface area contributed by atoms with Crippen molar-refractivity contribution in [2.45, 2.75) is 38.1 Å². The Balaban J connectivity index is 1.90. The van der Waals surface area contributed by atoms with Gasteiger partial charge in [-0.05, 0) is 43.0 Å². The first-order valence-corrected chi connectivity index (χ1v) is 10.2. The molecule has 0 bridgehead atoms. The van der Waals surface area contributed by atoms with Gasteiger partial charge >= 0.3 is 12.2 Å². The molecule has 0 spiro atoms. The highest BCUT2D eigenvalue weighted by Crippen LogP contribution is 2.30. The van der Waals surface area contributed by atoms with E-state index in [2.05, 4.69) is 5.32 Å². The van der Waals surface area contributed by atoms with Gasteiger partial charge in [0.05, 0.1) is 16.6 Å².